The molecule has 0 saturated heterocycles. The minimum atomic E-state index is 0.742. The van der Waals surface area contributed by atoms with Crippen molar-refractivity contribution in [3.63, 3.8) is 0 Å². The van der Waals surface area contributed by atoms with Crippen LogP contribution < -0.4 is 5.32 Å². The average Bonchev–Trinajstić information content (AvgIpc) is 2.51. The number of hydrogen-bond donors (Lipinski definition) is 1. The van der Waals surface area contributed by atoms with Crippen LogP contribution in [0.4, 0.5) is 0 Å². The Morgan fingerprint density at radius 1 is 1.00 bits per heavy atom. The Morgan fingerprint density at radius 3 is 2.57 bits per heavy atom. The third-order valence-corrected chi connectivity index (χ3v) is 4.54. The minimum Gasteiger partial charge on any atom is -0.309 e. The molecule has 1 aromatic heterocycles. The molecule has 3 rings (SSSR count). The van der Waals surface area contributed by atoms with Crippen LogP contribution in [0.25, 0.3) is 10.9 Å². The first-order valence-electron chi connectivity index (χ1n) is 6.71. The van der Waals surface area contributed by atoms with Crippen LogP contribution in [0, 0.1) is 0 Å². The van der Waals surface area contributed by atoms with Gasteiger partial charge in [0, 0.05) is 29.1 Å². The van der Waals surface area contributed by atoms with Crippen molar-refractivity contribution in [3.05, 3.63) is 75.4 Å². The molecule has 1 heterocycles. The molecule has 4 heteroatoms. The van der Waals surface area contributed by atoms with Crippen LogP contribution in [0.1, 0.15) is 11.1 Å². The standard InChI is InChI=1S/C17H14BrClN2/c18-15-5-3-13(9-16(15)19)11-20-10-12-4-6-17-14(8-12)2-1-7-21-17/h1-9,20H,10-11H2. The Labute approximate surface area is 137 Å². The molecule has 0 spiro atoms. The molecule has 1 N–H and O–H groups in total. The number of rotatable bonds is 4. The second-order valence-corrected chi connectivity index (χ2v) is 6.14. The van der Waals surface area contributed by atoms with E-state index in [4.69, 9.17) is 11.6 Å². The van der Waals surface area contributed by atoms with Crippen molar-refractivity contribution in [3.8, 4) is 0 Å². The summed E-state index contributed by atoms with van der Waals surface area (Å²) in [5.41, 5.74) is 3.45. The Balaban J connectivity index is 1.64. The molecule has 3 aromatic rings. The quantitative estimate of drug-likeness (QED) is 0.712. The molecule has 0 fully saturated rings. The van der Waals surface area contributed by atoms with Gasteiger partial charge in [-0.15, -0.1) is 0 Å². The Morgan fingerprint density at radius 2 is 1.76 bits per heavy atom. The number of pyridine rings is 1. The number of halogens is 2. The normalized spacial score (nSPS) is 11.0. The molecule has 2 aromatic carbocycles. The molecule has 0 amide bonds. The molecule has 0 aliphatic carbocycles. The summed E-state index contributed by atoms with van der Waals surface area (Å²) in [7, 11) is 0. The molecule has 0 aliphatic heterocycles. The van der Waals surface area contributed by atoms with Gasteiger partial charge in [0.05, 0.1) is 10.5 Å². The summed E-state index contributed by atoms with van der Waals surface area (Å²) in [6, 6.07) is 16.4. The molecule has 0 unspecified atom stereocenters. The predicted molar refractivity (Wildman–Crippen MR) is 91.4 cm³/mol. The fourth-order valence-corrected chi connectivity index (χ4v) is 2.69. The van der Waals surface area contributed by atoms with Gasteiger partial charge in [0.1, 0.15) is 0 Å². The lowest BCUT2D eigenvalue weighted by atomic mass is 10.1. The van der Waals surface area contributed by atoms with Gasteiger partial charge in [0.25, 0.3) is 0 Å². The van der Waals surface area contributed by atoms with Crippen LogP contribution in [0.15, 0.2) is 59.2 Å². The molecule has 0 aliphatic rings. The van der Waals surface area contributed by atoms with Crippen molar-refractivity contribution in [1.29, 1.82) is 0 Å². The first-order valence-corrected chi connectivity index (χ1v) is 7.88. The molecule has 2 nitrogen and oxygen atoms in total. The zero-order valence-corrected chi connectivity index (χ0v) is 13.7. The van der Waals surface area contributed by atoms with Gasteiger partial charge in [-0.2, -0.15) is 0 Å². The van der Waals surface area contributed by atoms with Gasteiger partial charge in [0.2, 0.25) is 0 Å². The summed E-state index contributed by atoms with van der Waals surface area (Å²) in [6.45, 7) is 1.61. The number of benzene rings is 2. The van der Waals surface area contributed by atoms with E-state index in [-0.39, 0.29) is 0 Å². The van der Waals surface area contributed by atoms with Crippen LogP contribution in [0.2, 0.25) is 5.02 Å². The number of nitrogens with zero attached hydrogens (tertiary/aromatic N) is 1. The Bertz CT molecular complexity index is 774. The highest BCUT2D eigenvalue weighted by molar-refractivity contribution is 9.10. The van der Waals surface area contributed by atoms with Crippen LogP contribution in [-0.2, 0) is 13.1 Å². The van der Waals surface area contributed by atoms with E-state index in [2.05, 4.69) is 56.6 Å². The van der Waals surface area contributed by atoms with Crippen molar-refractivity contribution in [1.82, 2.24) is 10.3 Å². The topological polar surface area (TPSA) is 24.9 Å². The van der Waals surface area contributed by atoms with Gasteiger partial charge in [-0.3, -0.25) is 4.98 Å². The fourth-order valence-electron chi connectivity index (χ4n) is 2.24. The van der Waals surface area contributed by atoms with E-state index < -0.39 is 0 Å². The number of nitrogens with one attached hydrogen (secondary N) is 1. The molecule has 21 heavy (non-hydrogen) atoms. The van der Waals surface area contributed by atoms with E-state index >= 15 is 0 Å². The molecule has 0 saturated carbocycles. The second-order valence-electron chi connectivity index (χ2n) is 4.88. The van der Waals surface area contributed by atoms with E-state index in [9.17, 15) is 0 Å². The molecular formula is C17H14BrClN2. The molecule has 0 radical (unpaired) electrons. The van der Waals surface area contributed by atoms with Gasteiger partial charge in [0.15, 0.2) is 0 Å². The van der Waals surface area contributed by atoms with E-state index in [1.54, 1.807) is 0 Å². The summed E-state index contributed by atoms with van der Waals surface area (Å²) in [6.07, 6.45) is 1.82. The van der Waals surface area contributed by atoms with Crippen molar-refractivity contribution >= 4 is 38.4 Å². The van der Waals surface area contributed by atoms with Crippen LogP contribution in [-0.4, -0.2) is 4.98 Å². The molecule has 106 valence electrons. The molecule has 0 bridgehead atoms. The van der Waals surface area contributed by atoms with Crippen molar-refractivity contribution in [2.45, 2.75) is 13.1 Å². The van der Waals surface area contributed by atoms with E-state index in [0.717, 1.165) is 28.1 Å². The van der Waals surface area contributed by atoms with Gasteiger partial charge < -0.3 is 5.32 Å². The van der Waals surface area contributed by atoms with Crippen LogP contribution in [0.5, 0.6) is 0 Å². The molecule has 0 atom stereocenters. The van der Waals surface area contributed by atoms with E-state index in [1.165, 1.54) is 16.5 Å². The highest BCUT2D eigenvalue weighted by Gasteiger charge is 2.00. The Kier molecular flexibility index (Phi) is 4.54. The van der Waals surface area contributed by atoms with E-state index in [0.29, 0.717) is 0 Å². The fraction of sp³-hybridized carbons (Fsp3) is 0.118. The number of hydrogen-bond acceptors (Lipinski definition) is 2. The lowest BCUT2D eigenvalue weighted by Gasteiger charge is -2.07. The zero-order chi connectivity index (χ0) is 14.7. The maximum atomic E-state index is 6.09. The van der Waals surface area contributed by atoms with Gasteiger partial charge in [-0.1, -0.05) is 29.8 Å². The smallest absolute Gasteiger partial charge is 0.0702 e. The lowest BCUT2D eigenvalue weighted by molar-refractivity contribution is 0.694. The average molecular weight is 362 g/mol. The zero-order valence-electron chi connectivity index (χ0n) is 11.3. The SMILES string of the molecule is Clc1cc(CNCc2ccc3ncccc3c2)ccc1Br. The van der Waals surface area contributed by atoms with Gasteiger partial charge >= 0.3 is 0 Å². The van der Waals surface area contributed by atoms with Crippen LogP contribution in [0.3, 0.4) is 0 Å². The van der Waals surface area contributed by atoms with Crippen molar-refractivity contribution in [2.75, 3.05) is 0 Å². The Hall–Kier alpha value is -1.42. The van der Waals surface area contributed by atoms with Crippen molar-refractivity contribution in [2.24, 2.45) is 0 Å². The van der Waals surface area contributed by atoms with Gasteiger partial charge in [-0.05, 0) is 57.4 Å². The summed E-state index contributed by atoms with van der Waals surface area (Å²) in [4.78, 5) is 4.33. The lowest BCUT2D eigenvalue weighted by Crippen LogP contribution is -2.12. The van der Waals surface area contributed by atoms with E-state index in [1.807, 2.05) is 24.4 Å². The summed E-state index contributed by atoms with van der Waals surface area (Å²) < 4.78 is 0.926. The van der Waals surface area contributed by atoms with Gasteiger partial charge in [-0.25, -0.2) is 0 Å². The summed E-state index contributed by atoms with van der Waals surface area (Å²) >= 11 is 9.49. The van der Waals surface area contributed by atoms with Crippen LogP contribution >= 0.6 is 27.5 Å². The largest absolute Gasteiger partial charge is 0.309 e. The summed E-state index contributed by atoms with van der Waals surface area (Å²) in [5, 5.41) is 5.35. The third kappa shape index (κ3) is 3.62. The molecular weight excluding hydrogens is 348 g/mol. The highest BCUT2D eigenvalue weighted by Crippen LogP contribution is 2.23. The maximum Gasteiger partial charge on any atom is 0.0702 e. The first-order chi connectivity index (χ1) is 10.2. The van der Waals surface area contributed by atoms with Crippen molar-refractivity contribution < 1.29 is 0 Å². The highest BCUT2D eigenvalue weighted by atomic mass is 79.9. The monoisotopic (exact) mass is 360 g/mol. The second kappa shape index (κ2) is 6.56. The third-order valence-electron chi connectivity index (χ3n) is 3.31. The first kappa shape index (κ1) is 14.5. The minimum absolute atomic E-state index is 0.742. The maximum absolute atomic E-state index is 6.09. The number of aromatic nitrogens is 1. The predicted octanol–water partition coefficient (Wildman–Crippen LogP) is 4.94. The summed E-state index contributed by atoms with van der Waals surface area (Å²) in [5.74, 6) is 0. The number of fused-ring (bicyclic) bond motifs is 1.